The number of H-pyrrole nitrogens is 1. The highest BCUT2D eigenvalue weighted by Gasteiger charge is 2.20. The smallest absolute Gasteiger partial charge is 0.294 e. The first-order chi connectivity index (χ1) is 13.5. The summed E-state index contributed by atoms with van der Waals surface area (Å²) in [6.07, 6.45) is 0. The van der Waals surface area contributed by atoms with Crippen LogP contribution in [-0.2, 0) is 0 Å². The molecule has 0 fully saturated rings. The molecule has 2 N–H and O–H groups in total. The van der Waals surface area contributed by atoms with Crippen molar-refractivity contribution >= 4 is 28.3 Å². The van der Waals surface area contributed by atoms with Gasteiger partial charge in [0.05, 0.1) is 28.6 Å². The van der Waals surface area contributed by atoms with Crippen LogP contribution in [0.3, 0.4) is 0 Å². The molecular formula is C18H13N5O5. The van der Waals surface area contributed by atoms with Crippen molar-refractivity contribution in [3.05, 3.63) is 64.3 Å². The summed E-state index contributed by atoms with van der Waals surface area (Å²) in [6.45, 7) is 0. The van der Waals surface area contributed by atoms with Crippen LogP contribution in [0.4, 0.5) is 11.4 Å². The van der Waals surface area contributed by atoms with E-state index < -0.39 is 10.8 Å². The van der Waals surface area contributed by atoms with Crippen LogP contribution in [-0.4, -0.2) is 33.1 Å². The molecule has 0 radical (unpaired) electrons. The molecule has 0 spiro atoms. The molecular weight excluding hydrogens is 366 g/mol. The van der Waals surface area contributed by atoms with Crippen molar-refractivity contribution in [1.29, 1.82) is 0 Å². The molecule has 2 aromatic carbocycles. The Hall–Kier alpha value is -4.21. The van der Waals surface area contributed by atoms with Crippen LogP contribution in [0.1, 0.15) is 10.5 Å². The molecule has 140 valence electrons. The van der Waals surface area contributed by atoms with Gasteiger partial charge in [0.1, 0.15) is 0 Å². The van der Waals surface area contributed by atoms with Gasteiger partial charge in [-0.1, -0.05) is 17.3 Å². The van der Waals surface area contributed by atoms with Gasteiger partial charge in [-0.2, -0.15) is 4.98 Å². The van der Waals surface area contributed by atoms with Gasteiger partial charge in [0.2, 0.25) is 0 Å². The second kappa shape index (κ2) is 6.83. The maximum absolute atomic E-state index is 12.5. The molecule has 10 heteroatoms. The van der Waals surface area contributed by atoms with Gasteiger partial charge >= 0.3 is 0 Å². The number of rotatable bonds is 5. The first-order valence-electron chi connectivity index (χ1n) is 8.11. The van der Waals surface area contributed by atoms with Gasteiger partial charge < -0.3 is 19.6 Å². The van der Waals surface area contributed by atoms with Gasteiger partial charge in [-0.25, -0.2) is 0 Å². The predicted molar refractivity (Wildman–Crippen MR) is 99.2 cm³/mol. The number of carbonyl (C=O) groups is 1. The second-order valence-corrected chi connectivity index (χ2v) is 5.78. The molecule has 0 atom stereocenters. The van der Waals surface area contributed by atoms with Crippen molar-refractivity contribution in [2.45, 2.75) is 0 Å². The summed E-state index contributed by atoms with van der Waals surface area (Å²) in [5, 5.41) is 17.6. The molecule has 0 aliphatic heterocycles. The summed E-state index contributed by atoms with van der Waals surface area (Å²) in [7, 11) is 1.50. The molecule has 2 aromatic heterocycles. The summed E-state index contributed by atoms with van der Waals surface area (Å²) in [5.74, 6) is -0.384. The molecule has 0 unspecified atom stereocenters. The third-order valence-corrected chi connectivity index (χ3v) is 4.02. The number of aromatic amines is 1. The quantitative estimate of drug-likeness (QED) is 0.400. The van der Waals surface area contributed by atoms with E-state index in [0.29, 0.717) is 22.7 Å². The number of amides is 1. The Kier molecular flexibility index (Phi) is 4.20. The summed E-state index contributed by atoms with van der Waals surface area (Å²) >= 11 is 0. The lowest BCUT2D eigenvalue weighted by Gasteiger charge is -2.02. The van der Waals surface area contributed by atoms with Crippen molar-refractivity contribution < 1.29 is 19.0 Å². The number of nitro groups is 1. The number of nitrogens with one attached hydrogen (secondary N) is 2. The monoisotopic (exact) mass is 379 g/mol. The number of anilines is 1. The fraction of sp³-hybridized carbons (Fsp3) is 0.0556. The maximum atomic E-state index is 12.5. The first-order valence-corrected chi connectivity index (χ1v) is 8.11. The lowest BCUT2D eigenvalue weighted by atomic mass is 10.1. The Balaban J connectivity index is 1.58. The van der Waals surface area contributed by atoms with Crippen LogP contribution in [0, 0.1) is 10.1 Å². The molecule has 10 nitrogen and oxygen atoms in total. The Bertz CT molecular complexity index is 1200. The predicted octanol–water partition coefficient (Wildman–Crippen LogP) is 3.39. The average molecular weight is 379 g/mol. The fourth-order valence-corrected chi connectivity index (χ4v) is 2.71. The number of para-hydroxylation sites is 1. The van der Waals surface area contributed by atoms with Crippen molar-refractivity contribution in [3.63, 3.8) is 0 Å². The standard InChI is InChI=1S/C18H13N5O5/c1-27-18-20-12-7-6-10(8-13(12)21-18)19-17(24)14-9-16(28-22-14)11-4-2-3-5-15(11)23(25)26/h2-9H,1H3,(H,19,24)(H,20,21). The highest BCUT2D eigenvalue weighted by Crippen LogP contribution is 2.30. The van der Waals surface area contributed by atoms with Crippen LogP contribution in [0.2, 0.25) is 0 Å². The van der Waals surface area contributed by atoms with Crippen LogP contribution < -0.4 is 10.1 Å². The summed E-state index contributed by atoms with van der Waals surface area (Å²) in [5.41, 5.74) is 1.99. The topological polar surface area (TPSA) is 136 Å². The van der Waals surface area contributed by atoms with Crippen molar-refractivity contribution in [2.75, 3.05) is 12.4 Å². The van der Waals surface area contributed by atoms with Crippen molar-refractivity contribution in [2.24, 2.45) is 0 Å². The molecule has 0 bridgehead atoms. The number of methoxy groups -OCH3 is 1. The second-order valence-electron chi connectivity index (χ2n) is 5.78. The number of nitrogens with zero attached hydrogens (tertiary/aromatic N) is 3. The number of imidazole rings is 1. The lowest BCUT2D eigenvalue weighted by molar-refractivity contribution is -0.384. The Morgan fingerprint density at radius 2 is 2.07 bits per heavy atom. The molecule has 28 heavy (non-hydrogen) atoms. The molecule has 0 aliphatic carbocycles. The SMILES string of the molecule is COc1nc2ccc(NC(=O)c3cc(-c4ccccc4[N+](=O)[O-])on3)cc2[nH]1. The molecule has 4 rings (SSSR count). The Morgan fingerprint density at radius 1 is 1.25 bits per heavy atom. The molecule has 0 saturated carbocycles. The van der Waals surface area contributed by atoms with E-state index >= 15 is 0 Å². The summed E-state index contributed by atoms with van der Waals surface area (Å²) in [6, 6.07) is 12.9. The minimum absolute atomic E-state index is 0.00422. The number of benzene rings is 2. The third kappa shape index (κ3) is 3.14. The summed E-state index contributed by atoms with van der Waals surface area (Å²) in [4.78, 5) is 30.2. The van der Waals surface area contributed by atoms with Crippen LogP contribution in [0.15, 0.2) is 53.1 Å². The van der Waals surface area contributed by atoms with E-state index in [4.69, 9.17) is 9.26 Å². The highest BCUT2D eigenvalue weighted by atomic mass is 16.6. The van der Waals surface area contributed by atoms with Crippen molar-refractivity contribution in [3.8, 4) is 17.3 Å². The van der Waals surface area contributed by atoms with Crippen LogP contribution in [0.5, 0.6) is 6.01 Å². The maximum Gasteiger partial charge on any atom is 0.294 e. The van der Waals surface area contributed by atoms with Crippen molar-refractivity contribution in [1.82, 2.24) is 15.1 Å². The fourth-order valence-electron chi connectivity index (χ4n) is 2.71. The number of carbonyl (C=O) groups excluding carboxylic acids is 1. The van der Waals surface area contributed by atoms with Gasteiger partial charge in [-0.05, 0) is 24.3 Å². The number of fused-ring (bicyclic) bond motifs is 1. The first kappa shape index (κ1) is 17.2. The average Bonchev–Trinajstić information content (AvgIpc) is 3.34. The summed E-state index contributed by atoms with van der Waals surface area (Å²) < 4.78 is 10.2. The molecule has 0 saturated heterocycles. The zero-order chi connectivity index (χ0) is 19.7. The molecule has 1 amide bonds. The van der Waals surface area contributed by atoms with Gasteiger partial charge in [-0.15, -0.1) is 0 Å². The van der Waals surface area contributed by atoms with Gasteiger partial charge in [0.15, 0.2) is 11.5 Å². The minimum Gasteiger partial charge on any atom is -0.468 e. The highest BCUT2D eigenvalue weighted by molar-refractivity contribution is 6.04. The zero-order valence-corrected chi connectivity index (χ0v) is 14.5. The zero-order valence-electron chi connectivity index (χ0n) is 14.5. The van der Waals surface area contributed by atoms with Crippen LogP contribution >= 0.6 is 0 Å². The van der Waals surface area contributed by atoms with E-state index in [2.05, 4.69) is 20.4 Å². The van der Waals surface area contributed by atoms with Gasteiger partial charge in [0, 0.05) is 17.8 Å². The normalized spacial score (nSPS) is 10.8. The number of nitro benzene ring substituents is 1. The van der Waals surface area contributed by atoms with E-state index in [1.807, 2.05) is 0 Å². The number of hydrogen-bond donors (Lipinski definition) is 2. The van der Waals surface area contributed by atoms with E-state index in [0.717, 1.165) is 0 Å². The van der Waals surface area contributed by atoms with Gasteiger partial charge in [0.25, 0.3) is 17.6 Å². The van der Waals surface area contributed by atoms with Crippen LogP contribution in [0.25, 0.3) is 22.4 Å². The van der Waals surface area contributed by atoms with E-state index in [-0.39, 0.29) is 22.7 Å². The Morgan fingerprint density at radius 3 is 2.86 bits per heavy atom. The van der Waals surface area contributed by atoms with E-state index in [1.54, 1.807) is 30.3 Å². The van der Waals surface area contributed by atoms with Gasteiger partial charge in [-0.3, -0.25) is 14.9 Å². The molecule has 2 heterocycles. The number of ether oxygens (including phenoxy) is 1. The largest absolute Gasteiger partial charge is 0.468 e. The third-order valence-electron chi connectivity index (χ3n) is 4.02. The molecule has 4 aromatic rings. The Labute approximate surface area is 157 Å². The minimum atomic E-state index is -0.522. The van der Waals surface area contributed by atoms with E-state index in [9.17, 15) is 14.9 Å². The van der Waals surface area contributed by atoms with E-state index in [1.165, 1.54) is 25.3 Å². The number of hydrogen-bond acceptors (Lipinski definition) is 7. The molecule has 0 aliphatic rings. The lowest BCUT2D eigenvalue weighted by Crippen LogP contribution is -2.12. The number of aromatic nitrogens is 3.